The minimum atomic E-state index is -0.291. The van der Waals surface area contributed by atoms with Crippen molar-refractivity contribution in [1.29, 1.82) is 0 Å². The van der Waals surface area contributed by atoms with E-state index in [1.807, 2.05) is 30.3 Å². The molecule has 0 spiro atoms. The van der Waals surface area contributed by atoms with Crippen LogP contribution in [0.3, 0.4) is 0 Å². The number of carbonyl (C=O) groups excluding carboxylic acids is 1. The number of carbonyl (C=O) groups is 1. The molecule has 3 N–H and O–H groups in total. The Balaban J connectivity index is 1.38. The molecule has 38 heavy (non-hydrogen) atoms. The SMILES string of the molecule is CCCCC(=O)Nc1cncc(-c2cnc3n[nH]c(-c4cc5c(-c6ccccc6F)ccnc5[nH]4)c3c2)c1. The molecule has 0 aliphatic rings. The summed E-state index contributed by atoms with van der Waals surface area (Å²) in [6, 6.07) is 14.3. The second-order valence-corrected chi connectivity index (χ2v) is 9.09. The van der Waals surface area contributed by atoms with Crippen LogP contribution in [0.5, 0.6) is 0 Å². The highest BCUT2D eigenvalue weighted by Gasteiger charge is 2.16. The van der Waals surface area contributed by atoms with Crippen LogP contribution in [0.1, 0.15) is 26.2 Å². The maximum absolute atomic E-state index is 14.6. The Hall–Kier alpha value is -4.92. The summed E-state index contributed by atoms with van der Waals surface area (Å²) in [5.74, 6) is -0.320. The van der Waals surface area contributed by atoms with Gasteiger partial charge in [0.1, 0.15) is 11.5 Å². The molecule has 9 heteroatoms. The molecule has 6 aromatic rings. The molecule has 1 aromatic carbocycles. The lowest BCUT2D eigenvalue weighted by molar-refractivity contribution is -0.116. The number of aromatic amines is 2. The van der Waals surface area contributed by atoms with Crippen molar-refractivity contribution in [2.24, 2.45) is 0 Å². The normalized spacial score (nSPS) is 11.3. The third-order valence-electron chi connectivity index (χ3n) is 6.49. The first-order valence-corrected chi connectivity index (χ1v) is 12.4. The van der Waals surface area contributed by atoms with Crippen molar-refractivity contribution >= 4 is 33.7 Å². The van der Waals surface area contributed by atoms with Crippen molar-refractivity contribution in [3.05, 3.63) is 79.1 Å². The zero-order valence-electron chi connectivity index (χ0n) is 20.6. The molecular weight excluding hydrogens is 481 g/mol. The molecule has 0 fully saturated rings. The molecule has 6 rings (SSSR count). The highest BCUT2D eigenvalue weighted by atomic mass is 19.1. The van der Waals surface area contributed by atoms with Crippen LogP contribution in [0.25, 0.3) is 55.7 Å². The van der Waals surface area contributed by atoms with Gasteiger partial charge in [0.2, 0.25) is 5.91 Å². The van der Waals surface area contributed by atoms with Crippen molar-refractivity contribution in [2.75, 3.05) is 5.32 Å². The monoisotopic (exact) mass is 505 g/mol. The van der Waals surface area contributed by atoms with Gasteiger partial charge in [-0.1, -0.05) is 31.5 Å². The van der Waals surface area contributed by atoms with Crippen molar-refractivity contribution < 1.29 is 9.18 Å². The van der Waals surface area contributed by atoms with Crippen LogP contribution in [0.4, 0.5) is 10.1 Å². The average molecular weight is 506 g/mol. The zero-order valence-corrected chi connectivity index (χ0v) is 20.6. The van der Waals surface area contributed by atoms with Crippen molar-refractivity contribution in [2.45, 2.75) is 26.2 Å². The highest BCUT2D eigenvalue weighted by Crippen LogP contribution is 2.35. The van der Waals surface area contributed by atoms with E-state index in [9.17, 15) is 9.18 Å². The molecule has 8 nitrogen and oxygen atoms in total. The number of halogens is 1. The topological polar surface area (TPSA) is 112 Å². The number of anilines is 1. The predicted molar refractivity (Wildman–Crippen MR) is 146 cm³/mol. The lowest BCUT2D eigenvalue weighted by atomic mass is 10.0. The number of fused-ring (bicyclic) bond motifs is 2. The van der Waals surface area contributed by atoms with Crippen LogP contribution in [0.15, 0.2) is 73.3 Å². The number of unbranched alkanes of at least 4 members (excludes halogenated alkanes) is 1. The van der Waals surface area contributed by atoms with Gasteiger partial charge in [0, 0.05) is 52.5 Å². The lowest BCUT2D eigenvalue weighted by Gasteiger charge is -2.07. The van der Waals surface area contributed by atoms with Gasteiger partial charge in [-0.3, -0.25) is 14.9 Å². The molecule has 1 amide bonds. The summed E-state index contributed by atoms with van der Waals surface area (Å²) in [5.41, 5.74) is 6.25. The second kappa shape index (κ2) is 9.85. The maximum atomic E-state index is 14.6. The molecule has 188 valence electrons. The van der Waals surface area contributed by atoms with Crippen LogP contribution in [-0.2, 0) is 4.79 Å². The summed E-state index contributed by atoms with van der Waals surface area (Å²) in [6.07, 6.45) is 9.04. The fourth-order valence-corrected chi connectivity index (χ4v) is 4.57. The summed E-state index contributed by atoms with van der Waals surface area (Å²) in [4.78, 5) is 28.8. The lowest BCUT2D eigenvalue weighted by Crippen LogP contribution is -2.11. The van der Waals surface area contributed by atoms with Crippen LogP contribution in [-0.4, -0.2) is 36.0 Å². The van der Waals surface area contributed by atoms with E-state index in [0.29, 0.717) is 29.0 Å². The van der Waals surface area contributed by atoms with Gasteiger partial charge in [0.15, 0.2) is 5.65 Å². The van der Waals surface area contributed by atoms with Gasteiger partial charge in [-0.05, 0) is 42.3 Å². The number of benzene rings is 1. The van der Waals surface area contributed by atoms with Gasteiger partial charge in [-0.15, -0.1) is 0 Å². The van der Waals surface area contributed by atoms with Gasteiger partial charge in [-0.2, -0.15) is 5.10 Å². The Kier molecular flexibility index (Phi) is 6.09. The Morgan fingerprint density at radius 2 is 1.84 bits per heavy atom. The van der Waals surface area contributed by atoms with E-state index < -0.39 is 0 Å². The van der Waals surface area contributed by atoms with Gasteiger partial charge in [0.25, 0.3) is 0 Å². The van der Waals surface area contributed by atoms with Crippen molar-refractivity contribution in [3.8, 4) is 33.6 Å². The molecule has 0 atom stereocenters. The number of amides is 1. The maximum Gasteiger partial charge on any atom is 0.224 e. The minimum absolute atomic E-state index is 0.0290. The fraction of sp³-hybridized carbons (Fsp3) is 0.138. The summed E-state index contributed by atoms with van der Waals surface area (Å²) in [7, 11) is 0. The summed E-state index contributed by atoms with van der Waals surface area (Å²) in [6.45, 7) is 2.05. The largest absolute Gasteiger partial charge is 0.338 e. The summed E-state index contributed by atoms with van der Waals surface area (Å²) in [5, 5.41) is 12.0. The minimum Gasteiger partial charge on any atom is -0.338 e. The Bertz CT molecular complexity index is 1790. The number of hydrogen-bond acceptors (Lipinski definition) is 5. The molecule has 0 bridgehead atoms. The standard InChI is InChI=1S/C29H24FN7O/c1-2-3-8-26(38)34-19-11-17(14-31-16-19)18-12-23-27(36-37-29(23)33-15-18)25-13-22-20(9-10-32-28(22)35-25)21-6-4-5-7-24(21)30/h4-7,9-16H,2-3,8H2,1H3,(H,32,35)(H,34,38)(H,33,36,37). The van der Waals surface area contributed by atoms with E-state index in [1.165, 1.54) is 6.07 Å². The van der Waals surface area contributed by atoms with Gasteiger partial charge >= 0.3 is 0 Å². The second-order valence-electron chi connectivity index (χ2n) is 9.09. The van der Waals surface area contributed by atoms with Gasteiger partial charge < -0.3 is 10.3 Å². The molecule has 0 unspecified atom stereocenters. The zero-order chi connectivity index (χ0) is 26.1. The third-order valence-corrected chi connectivity index (χ3v) is 6.49. The summed E-state index contributed by atoms with van der Waals surface area (Å²) < 4.78 is 14.6. The van der Waals surface area contributed by atoms with Crippen LogP contribution >= 0.6 is 0 Å². The molecule has 0 aliphatic carbocycles. The molecule has 5 aromatic heterocycles. The molecule has 0 saturated heterocycles. The molecule has 0 radical (unpaired) electrons. The van der Waals surface area contributed by atoms with Crippen LogP contribution in [0.2, 0.25) is 0 Å². The van der Waals surface area contributed by atoms with Gasteiger partial charge in [-0.25, -0.2) is 14.4 Å². The smallest absolute Gasteiger partial charge is 0.224 e. The fourth-order valence-electron chi connectivity index (χ4n) is 4.57. The number of hydrogen-bond donors (Lipinski definition) is 3. The Morgan fingerprint density at radius 1 is 0.974 bits per heavy atom. The summed E-state index contributed by atoms with van der Waals surface area (Å²) >= 11 is 0. The number of aromatic nitrogens is 6. The number of nitrogens with one attached hydrogen (secondary N) is 3. The van der Waals surface area contributed by atoms with Crippen LogP contribution < -0.4 is 5.32 Å². The van der Waals surface area contributed by atoms with E-state index in [-0.39, 0.29) is 11.7 Å². The van der Waals surface area contributed by atoms with E-state index >= 15 is 0 Å². The number of nitrogens with zero attached hydrogens (tertiary/aromatic N) is 4. The number of H-pyrrole nitrogens is 2. The first-order valence-electron chi connectivity index (χ1n) is 12.4. The Labute approximate surface area is 217 Å². The van der Waals surface area contributed by atoms with E-state index in [2.05, 4.69) is 42.4 Å². The first kappa shape index (κ1) is 23.5. The molecule has 5 heterocycles. The van der Waals surface area contributed by atoms with E-state index in [1.54, 1.807) is 36.9 Å². The van der Waals surface area contributed by atoms with Crippen LogP contribution in [0, 0.1) is 5.82 Å². The molecule has 0 saturated carbocycles. The quantitative estimate of drug-likeness (QED) is 0.229. The van der Waals surface area contributed by atoms with E-state index in [4.69, 9.17) is 0 Å². The van der Waals surface area contributed by atoms with Crippen molar-refractivity contribution in [3.63, 3.8) is 0 Å². The molecular formula is C29H24FN7O. The van der Waals surface area contributed by atoms with Crippen molar-refractivity contribution in [1.82, 2.24) is 30.1 Å². The molecule has 0 aliphatic heterocycles. The highest BCUT2D eigenvalue weighted by molar-refractivity contribution is 6.00. The number of rotatable bonds is 7. The first-order chi connectivity index (χ1) is 18.6. The average Bonchev–Trinajstić information content (AvgIpc) is 3.56. The number of pyridine rings is 3. The van der Waals surface area contributed by atoms with Gasteiger partial charge in [0.05, 0.1) is 23.3 Å². The predicted octanol–water partition coefficient (Wildman–Crippen LogP) is 6.50. The third kappa shape index (κ3) is 4.39. The Morgan fingerprint density at radius 3 is 2.71 bits per heavy atom. The van der Waals surface area contributed by atoms with E-state index in [0.717, 1.165) is 51.7 Å².